The summed E-state index contributed by atoms with van der Waals surface area (Å²) < 4.78 is 10.8. The quantitative estimate of drug-likeness (QED) is 0.867. The first-order valence-corrected chi connectivity index (χ1v) is 7.40. The second kappa shape index (κ2) is 7.50. The van der Waals surface area contributed by atoms with Gasteiger partial charge < -0.3 is 15.2 Å². The molecular formula is C16H26N2O2. The number of piperidine rings is 1. The van der Waals surface area contributed by atoms with E-state index in [-0.39, 0.29) is 0 Å². The highest BCUT2D eigenvalue weighted by molar-refractivity contribution is 5.40. The average Bonchev–Trinajstić information content (AvgIpc) is 2.49. The third-order valence-electron chi connectivity index (χ3n) is 4.16. The predicted molar refractivity (Wildman–Crippen MR) is 81.2 cm³/mol. The number of nitrogens with zero attached hydrogens (tertiary/aromatic N) is 1. The number of likely N-dealkylation sites (tertiary alicyclic amines) is 1. The molecule has 0 unspecified atom stereocenters. The average molecular weight is 278 g/mol. The minimum atomic E-state index is 0.809. The number of ether oxygens (including phenoxy) is 2. The molecule has 1 aliphatic heterocycles. The summed E-state index contributed by atoms with van der Waals surface area (Å²) in [6.45, 7) is 4.03. The molecule has 0 bridgehead atoms. The Balaban J connectivity index is 1.96. The Kier molecular flexibility index (Phi) is 5.68. The molecule has 0 atom stereocenters. The minimum Gasteiger partial charge on any atom is -0.497 e. The Bertz CT molecular complexity index is 415. The van der Waals surface area contributed by atoms with Crippen LogP contribution in [0.15, 0.2) is 18.2 Å². The number of methoxy groups -OCH3 is 2. The van der Waals surface area contributed by atoms with Crippen molar-refractivity contribution in [3.05, 3.63) is 23.8 Å². The summed E-state index contributed by atoms with van der Waals surface area (Å²) in [5, 5.41) is 0. The fourth-order valence-corrected chi connectivity index (χ4v) is 2.92. The fraction of sp³-hybridized carbons (Fsp3) is 0.625. The van der Waals surface area contributed by atoms with Crippen LogP contribution < -0.4 is 15.2 Å². The van der Waals surface area contributed by atoms with Crippen LogP contribution in [0.25, 0.3) is 0 Å². The molecule has 0 amide bonds. The van der Waals surface area contributed by atoms with Crippen molar-refractivity contribution in [2.45, 2.75) is 25.8 Å². The molecule has 4 heteroatoms. The minimum absolute atomic E-state index is 0.809. The molecule has 2 N–H and O–H groups in total. The second-order valence-corrected chi connectivity index (χ2v) is 5.47. The zero-order valence-corrected chi connectivity index (χ0v) is 12.6. The monoisotopic (exact) mass is 278 g/mol. The van der Waals surface area contributed by atoms with Gasteiger partial charge >= 0.3 is 0 Å². The summed E-state index contributed by atoms with van der Waals surface area (Å²) in [7, 11) is 3.42. The van der Waals surface area contributed by atoms with E-state index in [1.54, 1.807) is 14.2 Å². The standard InChI is InChI=1S/C16H26N2O2/c1-19-15-3-4-16(20-2)14(11-15)12-18-9-6-13(5-8-17)7-10-18/h3-4,11,13H,5-10,12,17H2,1-2H3. The molecule has 1 saturated heterocycles. The molecule has 4 nitrogen and oxygen atoms in total. The Morgan fingerprint density at radius 2 is 1.95 bits per heavy atom. The van der Waals surface area contributed by atoms with Crippen molar-refractivity contribution in [1.82, 2.24) is 4.90 Å². The molecule has 20 heavy (non-hydrogen) atoms. The highest BCUT2D eigenvalue weighted by Gasteiger charge is 2.19. The topological polar surface area (TPSA) is 47.7 Å². The maximum Gasteiger partial charge on any atom is 0.123 e. The van der Waals surface area contributed by atoms with Gasteiger partial charge in [0, 0.05) is 12.1 Å². The molecular weight excluding hydrogens is 252 g/mol. The Morgan fingerprint density at radius 1 is 1.20 bits per heavy atom. The van der Waals surface area contributed by atoms with Crippen molar-refractivity contribution >= 4 is 0 Å². The van der Waals surface area contributed by atoms with Crippen molar-refractivity contribution < 1.29 is 9.47 Å². The van der Waals surface area contributed by atoms with Crippen LogP contribution in [0.3, 0.4) is 0 Å². The lowest BCUT2D eigenvalue weighted by Gasteiger charge is -2.32. The van der Waals surface area contributed by atoms with Gasteiger partial charge in [-0.15, -0.1) is 0 Å². The lowest BCUT2D eigenvalue weighted by atomic mass is 9.93. The number of hydrogen-bond donors (Lipinski definition) is 1. The van der Waals surface area contributed by atoms with Gasteiger partial charge in [-0.25, -0.2) is 0 Å². The molecule has 2 rings (SSSR count). The van der Waals surface area contributed by atoms with E-state index in [4.69, 9.17) is 15.2 Å². The van der Waals surface area contributed by atoms with Crippen LogP contribution in [0.1, 0.15) is 24.8 Å². The van der Waals surface area contributed by atoms with E-state index in [1.807, 2.05) is 12.1 Å². The highest BCUT2D eigenvalue weighted by Crippen LogP contribution is 2.27. The third kappa shape index (κ3) is 3.87. The zero-order valence-electron chi connectivity index (χ0n) is 12.6. The lowest BCUT2D eigenvalue weighted by Crippen LogP contribution is -2.33. The largest absolute Gasteiger partial charge is 0.497 e. The lowest BCUT2D eigenvalue weighted by molar-refractivity contribution is 0.172. The summed E-state index contributed by atoms with van der Waals surface area (Å²) in [5.41, 5.74) is 6.84. The SMILES string of the molecule is COc1ccc(OC)c(CN2CCC(CCN)CC2)c1. The second-order valence-electron chi connectivity index (χ2n) is 5.47. The van der Waals surface area contributed by atoms with Gasteiger partial charge in [-0.1, -0.05) is 0 Å². The van der Waals surface area contributed by atoms with E-state index in [0.717, 1.165) is 50.0 Å². The van der Waals surface area contributed by atoms with Crippen molar-refractivity contribution in [2.75, 3.05) is 33.9 Å². The molecule has 0 aliphatic carbocycles. The van der Waals surface area contributed by atoms with Gasteiger partial charge in [0.1, 0.15) is 11.5 Å². The molecule has 1 fully saturated rings. The van der Waals surface area contributed by atoms with E-state index in [2.05, 4.69) is 11.0 Å². The van der Waals surface area contributed by atoms with Gasteiger partial charge in [-0.05, 0) is 63.0 Å². The van der Waals surface area contributed by atoms with E-state index < -0.39 is 0 Å². The number of rotatable bonds is 6. The van der Waals surface area contributed by atoms with Gasteiger partial charge in [0.25, 0.3) is 0 Å². The first kappa shape index (κ1) is 15.1. The molecule has 112 valence electrons. The molecule has 1 aromatic carbocycles. The van der Waals surface area contributed by atoms with Gasteiger partial charge in [0.15, 0.2) is 0 Å². The van der Waals surface area contributed by atoms with Crippen molar-refractivity contribution in [3.8, 4) is 11.5 Å². The molecule has 1 aliphatic rings. The normalized spacial score (nSPS) is 17.1. The van der Waals surface area contributed by atoms with E-state index in [0.29, 0.717) is 0 Å². The van der Waals surface area contributed by atoms with Crippen LogP contribution in [0, 0.1) is 5.92 Å². The van der Waals surface area contributed by atoms with Gasteiger partial charge in [0.05, 0.1) is 14.2 Å². The zero-order chi connectivity index (χ0) is 14.4. The van der Waals surface area contributed by atoms with Crippen LogP contribution in [0.4, 0.5) is 0 Å². The predicted octanol–water partition coefficient (Wildman–Crippen LogP) is 2.26. The summed E-state index contributed by atoms with van der Waals surface area (Å²) in [5.74, 6) is 2.64. The van der Waals surface area contributed by atoms with Gasteiger partial charge in [-0.2, -0.15) is 0 Å². The Hall–Kier alpha value is -1.26. The van der Waals surface area contributed by atoms with Gasteiger partial charge in [0.2, 0.25) is 0 Å². The summed E-state index contributed by atoms with van der Waals surface area (Å²) in [6, 6.07) is 6.00. The van der Waals surface area contributed by atoms with Crippen LogP contribution in [-0.4, -0.2) is 38.8 Å². The molecule has 0 spiro atoms. The number of nitrogens with two attached hydrogens (primary N) is 1. The Labute approximate surface area is 121 Å². The number of benzene rings is 1. The summed E-state index contributed by atoms with van der Waals surface area (Å²) >= 11 is 0. The molecule has 0 saturated carbocycles. The summed E-state index contributed by atoms with van der Waals surface area (Å²) in [4.78, 5) is 2.49. The first-order chi connectivity index (χ1) is 9.76. The van der Waals surface area contributed by atoms with Crippen molar-refractivity contribution in [3.63, 3.8) is 0 Å². The molecule has 0 aromatic heterocycles. The summed E-state index contributed by atoms with van der Waals surface area (Å²) in [6.07, 6.45) is 3.67. The molecule has 1 heterocycles. The van der Waals surface area contributed by atoms with Crippen LogP contribution >= 0.6 is 0 Å². The van der Waals surface area contributed by atoms with Gasteiger partial charge in [-0.3, -0.25) is 4.90 Å². The first-order valence-electron chi connectivity index (χ1n) is 7.40. The highest BCUT2D eigenvalue weighted by atomic mass is 16.5. The van der Waals surface area contributed by atoms with Crippen molar-refractivity contribution in [1.29, 1.82) is 0 Å². The van der Waals surface area contributed by atoms with Crippen molar-refractivity contribution in [2.24, 2.45) is 11.7 Å². The molecule has 1 aromatic rings. The smallest absolute Gasteiger partial charge is 0.123 e. The number of hydrogen-bond acceptors (Lipinski definition) is 4. The third-order valence-corrected chi connectivity index (χ3v) is 4.16. The Morgan fingerprint density at radius 3 is 2.55 bits per heavy atom. The van der Waals surface area contributed by atoms with Crippen LogP contribution in [-0.2, 0) is 6.54 Å². The van der Waals surface area contributed by atoms with Crippen LogP contribution in [0.5, 0.6) is 11.5 Å². The fourth-order valence-electron chi connectivity index (χ4n) is 2.92. The maximum atomic E-state index is 5.64. The van der Waals surface area contributed by atoms with E-state index in [1.165, 1.54) is 18.4 Å². The van der Waals surface area contributed by atoms with Crippen LogP contribution in [0.2, 0.25) is 0 Å². The molecule has 0 radical (unpaired) electrons. The van der Waals surface area contributed by atoms with E-state index >= 15 is 0 Å². The van der Waals surface area contributed by atoms with E-state index in [9.17, 15) is 0 Å². The maximum absolute atomic E-state index is 5.64.